The number of rotatable bonds is 3. The molecule has 12 heteroatoms. The van der Waals surface area contributed by atoms with E-state index in [0.29, 0.717) is 4.47 Å². The molecule has 7 nitrogen and oxygen atoms in total. The maximum Gasteiger partial charge on any atom is 0.425 e. The Balaban J connectivity index is 1.91. The number of amidine groups is 1. The lowest BCUT2D eigenvalue weighted by atomic mass is 9.86. The van der Waals surface area contributed by atoms with E-state index >= 15 is 0 Å². The largest absolute Gasteiger partial charge is 0.452 e. The smallest absolute Gasteiger partial charge is 0.425 e. The normalized spacial score (nSPS) is 21.9. The van der Waals surface area contributed by atoms with E-state index in [0.717, 1.165) is 12.3 Å². The van der Waals surface area contributed by atoms with E-state index < -0.39 is 42.1 Å². The summed E-state index contributed by atoms with van der Waals surface area (Å²) in [6, 6.07) is 3.51. The number of aliphatic imine (C=N–C) groups is 1. The number of halogens is 5. The Hall–Kier alpha value is -2.76. The number of nitrogens with two attached hydrogens (primary N) is 1. The van der Waals surface area contributed by atoms with Gasteiger partial charge in [0.05, 0.1) is 17.4 Å². The van der Waals surface area contributed by atoms with E-state index in [2.05, 4.69) is 40.9 Å². The number of ether oxygens (including phenoxy) is 1. The summed E-state index contributed by atoms with van der Waals surface area (Å²) >= 11 is 3.19. The van der Waals surface area contributed by atoms with Crippen LogP contribution in [0, 0.1) is 5.95 Å². The van der Waals surface area contributed by atoms with Gasteiger partial charge in [0.1, 0.15) is 5.69 Å². The van der Waals surface area contributed by atoms with Crippen molar-refractivity contribution in [1.82, 2.24) is 9.97 Å². The molecule has 1 aliphatic heterocycles. The minimum atomic E-state index is -4.72. The second-order valence-corrected chi connectivity index (χ2v) is 7.37. The van der Waals surface area contributed by atoms with Crippen LogP contribution in [0.4, 0.5) is 23.2 Å². The summed E-state index contributed by atoms with van der Waals surface area (Å²) in [6.45, 7) is 1.28. The number of nitrogens with zero attached hydrogens (tertiary/aromatic N) is 3. The van der Waals surface area contributed by atoms with Crippen LogP contribution in [-0.2, 0) is 10.3 Å². The number of carbonyl (C=O) groups is 1. The lowest BCUT2D eigenvalue weighted by molar-refractivity contribution is -0.208. The molecule has 0 fully saturated rings. The van der Waals surface area contributed by atoms with Crippen molar-refractivity contribution in [2.24, 2.45) is 10.7 Å². The minimum absolute atomic E-state index is 0.0566. The molecule has 2 atom stereocenters. The number of aromatic nitrogens is 2. The molecular formula is C17H14BrF4N5O2. The molecule has 29 heavy (non-hydrogen) atoms. The van der Waals surface area contributed by atoms with E-state index in [1.807, 2.05) is 0 Å². The highest BCUT2D eigenvalue weighted by atomic mass is 79.9. The van der Waals surface area contributed by atoms with Crippen LogP contribution >= 0.6 is 15.9 Å². The number of hydrogen-bond donors (Lipinski definition) is 2. The Labute approximate surface area is 170 Å². The fourth-order valence-electron chi connectivity index (χ4n) is 2.82. The molecule has 154 valence electrons. The number of carbonyl (C=O) groups excluding carboxylic acids is 1. The molecule has 2 unspecified atom stereocenters. The van der Waals surface area contributed by atoms with Crippen LogP contribution in [0.3, 0.4) is 0 Å². The maximum absolute atomic E-state index is 14.4. The van der Waals surface area contributed by atoms with Gasteiger partial charge in [0.2, 0.25) is 5.95 Å². The highest BCUT2D eigenvalue weighted by Gasteiger charge is 2.50. The molecule has 1 aliphatic rings. The van der Waals surface area contributed by atoms with Crippen LogP contribution in [0.1, 0.15) is 29.4 Å². The zero-order valence-corrected chi connectivity index (χ0v) is 16.4. The topological polar surface area (TPSA) is 102 Å². The highest BCUT2D eigenvalue weighted by molar-refractivity contribution is 9.10. The van der Waals surface area contributed by atoms with Crippen LogP contribution < -0.4 is 11.1 Å². The van der Waals surface area contributed by atoms with Crippen LogP contribution in [0.5, 0.6) is 0 Å². The van der Waals surface area contributed by atoms with Crippen molar-refractivity contribution in [2.75, 3.05) is 5.32 Å². The number of nitrogens with one attached hydrogen (secondary N) is 1. The SMILES string of the molecule is CC1(c2cc(NC(=O)c3ccc(Br)cn3)cnc2F)CC(C(F)(F)F)OC(N)=N1. The molecule has 0 saturated carbocycles. The quantitative estimate of drug-likeness (QED) is 0.522. The molecule has 3 N–H and O–H groups in total. The predicted octanol–water partition coefficient (Wildman–Crippen LogP) is 3.51. The Morgan fingerprint density at radius 3 is 2.69 bits per heavy atom. The first-order valence-electron chi connectivity index (χ1n) is 8.15. The van der Waals surface area contributed by atoms with Gasteiger partial charge < -0.3 is 15.8 Å². The van der Waals surface area contributed by atoms with Gasteiger partial charge in [-0.1, -0.05) is 0 Å². The number of amides is 1. The van der Waals surface area contributed by atoms with Gasteiger partial charge in [-0.2, -0.15) is 17.6 Å². The number of hydrogen-bond acceptors (Lipinski definition) is 6. The highest BCUT2D eigenvalue weighted by Crippen LogP contribution is 2.40. The van der Waals surface area contributed by atoms with Gasteiger partial charge in [0, 0.05) is 22.7 Å². The molecule has 3 heterocycles. The monoisotopic (exact) mass is 475 g/mol. The first-order chi connectivity index (χ1) is 13.5. The van der Waals surface area contributed by atoms with Crippen molar-refractivity contribution in [2.45, 2.75) is 31.2 Å². The number of anilines is 1. The molecule has 0 bridgehead atoms. The molecule has 0 spiro atoms. The second-order valence-electron chi connectivity index (χ2n) is 6.45. The van der Waals surface area contributed by atoms with Crippen LogP contribution in [0.25, 0.3) is 0 Å². The van der Waals surface area contributed by atoms with Crippen molar-refractivity contribution in [3.63, 3.8) is 0 Å². The summed E-state index contributed by atoms with van der Waals surface area (Å²) in [5, 5.41) is 2.48. The average Bonchev–Trinajstić information content (AvgIpc) is 2.62. The average molecular weight is 476 g/mol. The molecule has 0 saturated heterocycles. The molecule has 3 rings (SSSR count). The van der Waals surface area contributed by atoms with Crippen LogP contribution in [0.2, 0.25) is 0 Å². The van der Waals surface area contributed by atoms with Gasteiger partial charge in [-0.15, -0.1) is 0 Å². The maximum atomic E-state index is 14.4. The van der Waals surface area contributed by atoms with E-state index in [1.165, 1.54) is 19.2 Å². The Kier molecular flexibility index (Phi) is 5.48. The molecule has 0 aliphatic carbocycles. The summed E-state index contributed by atoms with van der Waals surface area (Å²) in [7, 11) is 0. The third kappa shape index (κ3) is 4.63. The summed E-state index contributed by atoms with van der Waals surface area (Å²) in [4.78, 5) is 23.6. The van der Waals surface area contributed by atoms with Gasteiger partial charge in [-0.3, -0.25) is 4.79 Å². The molecule has 1 amide bonds. The van der Waals surface area contributed by atoms with Crippen molar-refractivity contribution in [1.29, 1.82) is 0 Å². The third-order valence-electron chi connectivity index (χ3n) is 4.21. The summed E-state index contributed by atoms with van der Waals surface area (Å²) in [5.41, 5.74) is 3.57. The van der Waals surface area contributed by atoms with Gasteiger partial charge in [0.15, 0.2) is 6.10 Å². The first kappa shape index (κ1) is 21.0. The fourth-order valence-corrected chi connectivity index (χ4v) is 3.05. The van der Waals surface area contributed by atoms with Crippen molar-refractivity contribution >= 4 is 33.5 Å². The standard InChI is InChI=1S/C17H14BrF4N5O2/c1-16(5-12(17(20,21)22)29-15(23)27-16)10-4-9(7-25-13(10)19)26-14(28)11-3-2-8(18)6-24-11/h2-4,6-7,12H,5H2,1H3,(H2,23,27)(H,26,28). The van der Waals surface area contributed by atoms with E-state index in [4.69, 9.17) is 5.73 Å². The first-order valence-corrected chi connectivity index (χ1v) is 8.95. The zero-order valence-electron chi connectivity index (χ0n) is 14.8. The van der Waals surface area contributed by atoms with E-state index in [9.17, 15) is 22.4 Å². The molecule has 0 aromatic carbocycles. The lowest BCUT2D eigenvalue weighted by Gasteiger charge is -2.35. The van der Waals surface area contributed by atoms with Crippen LogP contribution in [-0.4, -0.2) is 34.2 Å². The van der Waals surface area contributed by atoms with Gasteiger partial charge in [0.25, 0.3) is 11.9 Å². The van der Waals surface area contributed by atoms with Gasteiger partial charge >= 0.3 is 6.18 Å². The van der Waals surface area contributed by atoms with Crippen molar-refractivity contribution in [3.8, 4) is 0 Å². The Bertz CT molecular complexity index is 967. The molecule has 2 aromatic rings. The predicted molar refractivity (Wildman–Crippen MR) is 98.6 cm³/mol. The lowest BCUT2D eigenvalue weighted by Crippen LogP contribution is -2.46. The summed E-state index contributed by atoms with van der Waals surface area (Å²) < 4.78 is 59.0. The fraction of sp³-hybridized carbons (Fsp3) is 0.294. The second kappa shape index (κ2) is 7.58. The Morgan fingerprint density at radius 1 is 1.34 bits per heavy atom. The summed E-state index contributed by atoms with van der Waals surface area (Å²) in [5.74, 6) is -1.64. The summed E-state index contributed by atoms with van der Waals surface area (Å²) in [6.07, 6.45) is -5.23. The minimum Gasteiger partial charge on any atom is -0.452 e. The van der Waals surface area contributed by atoms with Crippen molar-refractivity contribution in [3.05, 3.63) is 52.3 Å². The third-order valence-corrected chi connectivity index (χ3v) is 4.67. The zero-order chi connectivity index (χ0) is 21.4. The molecule has 2 aromatic heterocycles. The Morgan fingerprint density at radius 2 is 2.07 bits per heavy atom. The number of pyridine rings is 2. The number of alkyl halides is 3. The molecule has 0 radical (unpaired) electrons. The van der Waals surface area contributed by atoms with Gasteiger partial charge in [-0.05, 0) is 41.1 Å². The van der Waals surface area contributed by atoms with Crippen LogP contribution in [0.15, 0.2) is 40.1 Å². The van der Waals surface area contributed by atoms with E-state index in [1.54, 1.807) is 6.07 Å². The van der Waals surface area contributed by atoms with Crippen molar-refractivity contribution < 1.29 is 27.1 Å². The van der Waals surface area contributed by atoms with E-state index in [-0.39, 0.29) is 16.9 Å². The van der Waals surface area contributed by atoms with Gasteiger partial charge in [-0.25, -0.2) is 15.0 Å². The molecular weight excluding hydrogens is 462 g/mol.